The van der Waals surface area contributed by atoms with Crippen molar-refractivity contribution in [2.75, 3.05) is 20.8 Å². The van der Waals surface area contributed by atoms with Crippen molar-refractivity contribution in [3.05, 3.63) is 23.3 Å². The molecule has 106 valence electrons. The number of hydrogen-bond acceptors (Lipinski definition) is 5. The summed E-state index contributed by atoms with van der Waals surface area (Å²) in [5.41, 5.74) is 6.92. The molecule has 0 fully saturated rings. The second-order valence-electron chi connectivity index (χ2n) is 4.10. The second-order valence-corrected chi connectivity index (χ2v) is 4.10. The lowest BCUT2D eigenvalue weighted by atomic mass is 10.1. The Kier molecular flexibility index (Phi) is 5.59. The summed E-state index contributed by atoms with van der Waals surface area (Å²) in [7, 11) is 3.14. The molecule has 0 aliphatic carbocycles. The number of hydrogen-bond donors (Lipinski definition) is 3. The van der Waals surface area contributed by atoms with Gasteiger partial charge in [-0.2, -0.15) is 0 Å². The van der Waals surface area contributed by atoms with Crippen LogP contribution in [-0.4, -0.2) is 37.9 Å². The van der Waals surface area contributed by atoms with E-state index in [1.165, 1.54) is 0 Å². The van der Waals surface area contributed by atoms with Crippen LogP contribution in [0.3, 0.4) is 0 Å². The fourth-order valence-corrected chi connectivity index (χ4v) is 1.66. The predicted molar refractivity (Wildman–Crippen MR) is 71.2 cm³/mol. The summed E-state index contributed by atoms with van der Waals surface area (Å²) in [5, 5.41) is 11.9. The molecule has 0 saturated heterocycles. The number of aliphatic hydroxyl groups excluding tert-OH is 1. The largest absolute Gasteiger partial charge is 0.496 e. The number of aliphatic hydroxyl groups is 1. The Labute approximate surface area is 112 Å². The summed E-state index contributed by atoms with van der Waals surface area (Å²) < 4.78 is 10.5. The minimum atomic E-state index is -1.20. The second kappa shape index (κ2) is 6.96. The van der Waals surface area contributed by atoms with E-state index in [1.807, 2.05) is 13.0 Å². The lowest BCUT2D eigenvalue weighted by Gasteiger charge is -2.14. The number of carbonyl (C=O) groups excluding carboxylic acids is 1. The van der Waals surface area contributed by atoms with Gasteiger partial charge in [0.15, 0.2) is 0 Å². The van der Waals surface area contributed by atoms with Crippen LogP contribution in [0, 0.1) is 6.92 Å². The first-order valence-corrected chi connectivity index (χ1v) is 5.90. The molecule has 1 aromatic rings. The highest BCUT2D eigenvalue weighted by molar-refractivity contribution is 5.80. The van der Waals surface area contributed by atoms with Crippen LogP contribution >= 0.6 is 0 Å². The van der Waals surface area contributed by atoms with Crippen LogP contribution in [0.1, 0.15) is 11.1 Å². The third-order valence-corrected chi connectivity index (χ3v) is 2.78. The molecular weight excluding hydrogens is 248 g/mol. The van der Waals surface area contributed by atoms with Crippen LogP contribution in [0.5, 0.6) is 11.5 Å². The van der Waals surface area contributed by atoms with E-state index in [9.17, 15) is 9.90 Å². The lowest BCUT2D eigenvalue weighted by Crippen LogP contribution is -2.38. The van der Waals surface area contributed by atoms with Crippen molar-refractivity contribution in [2.45, 2.75) is 19.6 Å². The number of nitrogens with two attached hydrogens (primary N) is 1. The van der Waals surface area contributed by atoms with Crippen LogP contribution < -0.4 is 20.5 Å². The number of amides is 1. The first kappa shape index (κ1) is 15.3. The third kappa shape index (κ3) is 3.84. The summed E-state index contributed by atoms with van der Waals surface area (Å²) in [4.78, 5) is 11.5. The molecule has 1 aromatic carbocycles. The van der Waals surface area contributed by atoms with Gasteiger partial charge in [-0.05, 0) is 24.6 Å². The molecule has 0 aromatic heterocycles. The van der Waals surface area contributed by atoms with E-state index in [1.54, 1.807) is 20.3 Å². The van der Waals surface area contributed by atoms with E-state index in [4.69, 9.17) is 15.2 Å². The number of methoxy groups -OCH3 is 2. The van der Waals surface area contributed by atoms with Gasteiger partial charge in [0.1, 0.15) is 17.6 Å². The number of ether oxygens (including phenoxy) is 2. The zero-order chi connectivity index (χ0) is 14.4. The van der Waals surface area contributed by atoms with Gasteiger partial charge in [-0.3, -0.25) is 4.79 Å². The van der Waals surface area contributed by atoms with Crippen molar-refractivity contribution >= 4 is 5.91 Å². The number of carbonyl (C=O) groups is 1. The van der Waals surface area contributed by atoms with E-state index in [0.29, 0.717) is 11.5 Å². The van der Waals surface area contributed by atoms with Crippen LogP contribution in [0.2, 0.25) is 0 Å². The molecule has 1 unspecified atom stereocenters. The molecule has 6 heteroatoms. The molecule has 1 amide bonds. The zero-order valence-electron chi connectivity index (χ0n) is 11.4. The van der Waals surface area contributed by atoms with Gasteiger partial charge in [-0.1, -0.05) is 0 Å². The van der Waals surface area contributed by atoms with Gasteiger partial charge in [0, 0.05) is 18.7 Å². The monoisotopic (exact) mass is 268 g/mol. The summed E-state index contributed by atoms with van der Waals surface area (Å²) in [6, 6.07) is 3.63. The van der Waals surface area contributed by atoms with Crippen molar-refractivity contribution < 1.29 is 19.4 Å². The first-order chi connectivity index (χ1) is 9.03. The number of benzene rings is 1. The molecule has 4 N–H and O–H groups in total. The Bertz CT molecular complexity index is 449. The number of rotatable bonds is 6. The molecule has 0 aliphatic heterocycles. The zero-order valence-corrected chi connectivity index (χ0v) is 11.4. The first-order valence-electron chi connectivity index (χ1n) is 5.90. The van der Waals surface area contributed by atoms with Crippen LogP contribution in [0.25, 0.3) is 0 Å². The molecule has 0 heterocycles. The van der Waals surface area contributed by atoms with Crippen molar-refractivity contribution in [1.29, 1.82) is 0 Å². The minimum absolute atomic E-state index is 0.111. The third-order valence-electron chi connectivity index (χ3n) is 2.78. The van der Waals surface area contributed by atoms with E-state index < -0.39 is 12.0 Å². The quantitative estimate of drug-likeness (QED) is 0.672. The molecule has 6 nitrogen and oxygen atoms in total. The Morgan fingerprint density at radius 1 is 1.37 bits per heavy atom. The van der Waals surface area contributed by atoms with Gasteiger partial charge in [-0.15, -0.1) is 0 Å². The predicted octanol–water partition coefficient (Wildman–Crippen LogP) is -0.0520. The fourth-order valence-electron chi connectivity index (χ4n) is 1.66. The average molecular weight is 268 g/mol. The lowest BCUT2D eigenvalue weighted by molar-refractivity contribution is -0.128. The summed E-state index contributed by atoms with van der Waals surface area (Å²) in [5.74, 6) is 0.856. The Balaban J connectivity index is 2.85. The topological polar surface area (TPSA) is 93.8 Å². The molecular formula is C13H20N2O4. The molecule has 0 aliphatic rings. The van der Waals surface area contributed by atoms with Crippen LogP contribution in [0.15, 0.2) is 12.1 Å². The molecule has 19 heavy (non-hydrogen) atoms. The Morgan fingerprint density at radius 2 is 2.00 bits per heavy atom. The number of aryl methyl sites for hydroxylation is 1. The van der Waals surface area contributed by atoms with Gasteiger partial charge in [-0.25, -0.2) is 0 Å². The van der Waals surface area contributed by atoms with E-state index in [0.717, 1.165) is 11.1 Å². The number of nitrogens with one attached hydrogen (secondary N) is 1. The maximum atomic E-state index is 11.5. The standard InChI is InChI=1S/C13H20N2O4/c1-8-4-12(19-3)9(5-11(8)18-2)7-15-13(17)10(16)6-14/h4-5,10,16H,6-7,14H2,1-3H3,(H,15,17). The summed E-state index contributed by atoms with van der Waals surface area (Å²) >= 11 is 0. The molecule has 0 spiro atoms. The van der Waals surface area contributed by atoms with Gasteiger partial charge in [0.25, 0.3) is 0 Å². The van der Waals surface area contributed by atoms with Gasteiger partial charge >= 0.3 is 0 Å². The van der Waals surface area contributed by atoms with E-state index in [2.05, 4.69) is 5.32 Å². The molecule has 0 bridgehead atoms. The van der Waals surface area contributed by atoms with Gasteiger partial charge in [0.05, 0.1) is 14.2 Å². The maximum Gasteiger partial charge on any atom is 0.250 e. The highest BCUT2D eigenvalue weighted by Crippen LogP contribution is 2.28. The molecule has 1 atom stereocenters. The van der Waals surface area contributed by atoms with Crippen LogP contribution in [0.4, 0.5) is 0 Å². The van der Waals surface area contributed by atoms with Gasteiger partial charge in [0.2, 0.25) is 5.91 Å². The van der Waals surface area contributed by atoms with E-state index >= 15 is 0 Å². The minimum Gasteiger partial charge on any atom is -0.496 e. The summed E-state index contributed by atoms with van der Waals surface area (Å²) in [6.07, 6.45) is -1.20. The van der Waals surface area contributed by atoms with Crippen LogP contribution in [-0.2, 0) is 11.3 Å². The fraction of sp³-hybridized carbons (Fsp3) is 0.462. The van der Waals surface area contributed by atoms with Crippen molar-refractivity contribution in [1.82, 2.24) is 5.32 Å². The highest BCUT2D eigenvalue weighted by Gasteiger charge is 2.14. The molecule has 0 saturated carbocycles. The van der Waals surface area contributed by atoms with Gasteiger partial charge < -0.3 is 25.6 Å². The Morgan fingerprint density at radius 3 is 2.53 bits per heavy atom. The molecule has 1 rings (SSSR count). The average Bonchev–Trinajstić information content (AvgIpc) is 2.44. The highest BCUT2D eigenvalue weighted by atomic mass is 16.5. The maximum absolute atomic E-state index is 11.5. The normalized spacial score (nSPS) is 11.8. The van der Waals surface area contributed by atoms with Crippen molar-refractivity contribution in [3.63, 3.8) is 0 Å². The van der Waals surface area contributed by atoms with E-state index in [-0.39, 0.29) is 13.1 Å². The van der Waals surface area contributed by atoms with Crippen molar-refractivity contribution in [3.8, 4) is 11.5 Å². The van der Waals surface area contributed by atoms with Crippen molar-refractivity contribution in [2.24, 2.45) is 5.73 Å². The SMILES string of the molecule is COc1cc(CNC(=O)C(O)CN)c(OC)cc1C. The Hall–Kier alpha value is -1.79. The smallest absolute Gasteiger partial charge is 0.250 e. The molecule has 0 radical (unpaired) electrons. The summed E-state index contributed by atoms with van der Waals surface area (Å²) in [6.45, 7) is 2.03.